The fourth-order valence-corrected chi connectivity index (χ4v) is 6.38. The lowest BCUT2D eigenvalue weighted by Gasteiger charge is -2.31. The smallest absolute Gasteiger partial charge is 0.243 e. The molecule has 1 aliphatic rings. The molecule has 0 saturated carbocycles. The number of fused-ring (bicyclic) bond motifs is 3. The molecule has 33 heavy (non-hydrogen) atoms. The summed E-state index contributed by atoms with van der Waals surface area (Å²) in [6.07, 6.45) is 1.33. The molecule has 1 N–H and O–H groups in total. The molecule has 0 spiro atoms. The van der Waals surface area contributed by atoms with Gasteiger partial charge in [-0.05, 0) is 56.2 Å². The number of hydrogen-bond donors (Lipinski definition) is 1. The molecule has 1 aromatic heterocycles. The third-order valence-corrected chi connectivity index (χ3v) is 8.37. The highest BCUT2D eigenvalue weighted by Crippen LogP contribution is 2.31. The van der Waals surface area contributed by atoms with Crippen molar-refractivity contribution < 1.29 is 13.2 Å². The molecule has 170 valence electrons. The Morgan fingerprint density at radius 2 is 1.70 bits per heavy atom. The van der Waals surface area contributed by atoms with Crippen LogP contribution in [0.3, 0.4) is 0 Å². The number of benzene rings is 3. The topological polar surface area (TPSA) is 71.4 Å². The van der Waals surface area contributed by atoms with Crippen molar-refractivity contribution in [2.75, 3.05) is 18.4 Å². The lowest BCUT2D eigenvalue weighted by atomic mass is 9.98. The van der Waals surface area contributed by atoms with Crippen LogP contribution in [0.4, 0.5) is 5.69 Å². The predicted octanol–water partition coefficient (Wildman–Crippen LogP) is 4.85. The fraction of sp³-hybridized carbons (Fsp3) is 0.269. The summed E-state index contributed by atoms with van der Waals surface area (Å²) in [6, 6.07) is 22.7. The molecule has 1 amide bonds. The van der Waals surface area contributed by atoms with Crippen molar-refractivity contribution in [3.05, 3.63) is 72.8 Å². The van der Waals surface area contributed by atoms with Crippen molar-refractivity contribution in [1.29, 1.82) is 0 Å². The van der Waals surface area contributed by atoms with Crippen LogP contribution < -0.4 is 5.32 Å². The van der Waals surface area contributed by atoms with Gasteiger partial charge in [-0.2, -0.15) is 4.31 Å². The number of piperidine rings is 1. The average molecular weight is 462 g/mol. The Hall–Kier alpha value is -3.16. The van der Waals surface area contributed by atoms with Gasteiger partial charge in [-0.25, -0.2) is 8.42 Å². The van der Waals surface area contributed by atoms with Crippen LogP contribution in [0.2, 0.25) is 0 Å². The Morgan fingerprint density at radius 1 is 0.970 bits per heavy atom. The number of aryl methyl sites for hydroxylation is 1. The van der Waals surface area contributed by atoms with E-state index in [1.54, 1.807) is 30.3 Å². The highest BCUT2D eigenvalue weighted by atomic mass is 32.2. The van der Waals surface area contributed by atoms with E-state index < -0.39 is 10.0 Å². The molecule has 6 nitrogen and oxygen atoms in total. The summed E-state index contributed by atoms with van der Waals surface area (Å²) in [7, 11) is -3.60. The van der Waals surface area contributed by atoms with Crippen molar-refractivity contribution >= 4 is 43.4 Å². The summed E-state index contributed by atoms with van der Waals surface area (Å²) in [5.74, 6) is -0.522. The number of amides is 1. The van der Waals surface area contributed by atoms with E-state index in [0.717, 1.165) is 28.5 Å². The molecule has 2 heterocycles. The molecule has 1 aliphatic heterocycles. The van der Waals surface area contributed by atoms with E-state index in [9.17, 15) is 13.2 Å². The second-order valence-electron chi connectivity index (χ2n) is 8.50. The van der Waals surface area contributed by atoms with Gasteiger partial charge in [-0.15, -0.1) is 0 Å². The van der Waals surface area contributed by atoms with E-state index in [2.05, 4.69) is 28.9 Å². The molecule has 5 rings (SSSR count). The molecule has 1 atom stereocenters. The maximum Gasteiger partial charge on any atom is 0.243 e. The van der Waals surface area contributed by atoms with Gasteiger partial charge in [0.05, 0.1) is 10.8 Å². The molecule has 0 aliphatic carbocycles. The molecule has 1 fully saturated rings. The second kappa shape index (κ2) is 8.65. The first-order valence-corrected chi connectivity index (χ1v) is 12.8. The van der Waals surface area contributed by atoms with Gasteiger partial charge in [0.15, 0.2) is 0 Å². The lowest BCUT2D eigenvalue weighted by Crippen LogP contribution is -2.43. The van der Waals surface area contributed by atoms with Crippen molar-refractivity contribution in [2.24, 2.45) is 5.92 Å². The largest absolute Gasteiger partial charge is 0.341 e. The number of hydrogen-bond acceptors (Lipinski definition) is 3. The zero-order chi connectivity index (χ0) is 23.0. The number of sulfonamides is 1. The number of rotatable bonds is 5. The minimum absolute atomic E-state index is 0.137. The first-order valence-electron chi connectivity index (χ1n) is 11.4. The molecule has 7 heteroatoms. The highest BCUT2D eigenvalue weighted by Gasteiger charge is 2.33. The van der Waals surface area contributed by atoms with Crippen molar-refractivity contribution in [3.63, 3.8) is 0 Å². The van der Waals surface area contributed by atoms with Crippen molar-refractivity contribution in [2.45, 2.75) is 31.2 Å². The van der Waals surface area contributed by atoms with E-state index >= 15 is 0 Å². The maximum absolute atomic E-state index is 13.1. The van der Waals surface area contributed by atoms with Crippen LogP contribution in [-0.4, -0.2) is 36.3 Å². The highest BCUT2D eigenvalue weighted by molar-refractivity contribution is 7.89. The monoisotopic (exact) mass is 461 g/mol. The number of nitrogens with one attached hydrogen (secondary N) is 1. The van der Waals surface area contributed by atoms with Gasteiger partial charge in [0.25, 0.3) is 0 Å². The number of nitrogens with zero attached hydrogens (tertiary/aromatic N) is 2. The summed E-state index contributed by atoms with van der Waals surface area (Å²) in [6.45, 7) is 3.62. The summed E-state index contributed by atoms with van der Waals surface area (Å²) < 4.78 is 29.7. The molecule has 4 aromatic rings. The van der Waals surface area contributed by atoms with E-state index in [-0.39, 0.29) is 23.3 Å². The van der Waals surface area contributed by atoms with E-state index in [4.69, 9.17) is 0 Å². The molecule has 0 bridgehead atoms. The average Bonchev–Trinajstić information content (AvgIpc) is 3.17. The number of aromatic nitrogens is 1. The first-order chi connectivity index (χ1) is 16.0. The minimum Gasteiger partial charge on any atom is -0.341 e. The summed E-state index contributed by atoms with van der Waals surface area (Å²) in [4.78, 5) is 13.4. The van der Waals surface area contributed by atoms with E-state index in [1.807, 2.05) is 30.3 Å². The molecule has 1 saturated heterocycles. The van der Waals surface area contributed by atoms with Gasteiger partial charge in [0.2, 0.25) is 15.9 Å². The van der Waals surface area contributed by atoms with E-state index in [0.29, 0.717) is 19.4 Å². The Labute approximate surface area is 193 Å². The number of para-hydroxylation sites is 1. The number of carbonyl (C=O) groups excluding carboxylic acids is 1. The lowest BCUT2D eigenvalue weighted by molar-refractivity contribution is -0.120. The molecule has 0 unspecified atom stereocenters. The number of anilines is 1. The van der Waals surface area contributed by atoms with Gasteiger partial charge in [0, 0.05) is 47.1 Å². The van der Waals surface area contributed by atoms with Gasteiger partial charge in [0.1, 0.15) is 0 Å². The zero-order valence-corrected chi connectivity index (χ0v) is 19.4. The third kappa shape index (κ3) is 3.92. The zero-order valence-electron chi connectivity index (χ0n) is 18.6. The van der Waals surface area contributed by atoms with Crippen LogP contribution in [0.25, 0.3) is 21.8 Å². The standard InChI is InChI=1S/C26H27N3O3S/c1-2-29-24-13-7-6-12-22(24)23-17-20(14-15-25(23)29)27-26(30)19-9-8-16-28(18-19)33(31,32)21-10-4-3-5-11-21/h3-7,10-15,17,19H,2,8-9,16,18H2,1H3,(H,27,30)/t19-/m1/s1. The number of carbonyl (C=O) groups is 1. The van der Waals surface area contributed by atoms with Crippen LogP contribution in [0.15, 0.2) is 77.7 Å². The van der Waals surface area contributed by atoms with Gasteiger partial charge < -0.3 is 9.88 Å². The second-order valence-corrected chi connectivity index (χ2v) is 10.4. The SMILES string of the molecule is CCn1c2ccccc2c2cc(NC(=O)[C@@H]3CCCN(S(=O)(=O)c4ccccc4)C3)ccc21. The molecule has 3 aromatic carbocycles. The Kier molecular flexibility index (Phi) is 5.68. The Morgan fingerprint density at radius 3 is 2.48 bits per heavy atom. The quantitative estimate of drug-likeness (QED) is 0.462. The van der Waals surface area contributed by atoms with Crippen LogP contribution >= 0.6 is 0 Å². The predicted molar refractivity (Wildman–Crippen MR) is 132 cm³/mol. The summed E-state index contributed by atoms with van der Waals surface area (Å²) >= 11 is 0. The molecular formula is C26H27N3O3S. The Bertz CT molecular complexity index is 1430. The first kappa shape index (κ1) is 21.7. The minimum atomic E-state index is -3.60. The van der Waals surface area contributed by atoms with Crippen LogP contribution in [0.1, 0.15) is 19.8 Å². The van der Waals surface area contributed by atoms with Crippen molar-refractivity contribution in [3.8, 4) is 0 Å². The Balaban J connectivity index is 1.38. The summed E-state index contributed by atoms with van der Waals surface area (Å²) in [5.41, 5.74) is 3.04. The van der Waals surface area contributed by atoms with Crippen LogP contribution in [0.5, 0.6) is 0 Å². The van der Waals surface area contributed by atoms with Crippen LogP contribution in [0, 0.1) is 5.92 Å². The fourth-order valence-electron chi connectivity index (χ4n) is 4.83. The van der Waals surface area contributed by atoms with E-state index in [1.165, 1.54) is 9.82 Å². The third-order valence-electron chi connectivity index (χ3n) is 6.49. The van der Waals surface area contributed by atoms with Gasteiger partial charge in [-0.3, -0.25) is 4.79 Å². The normalized spacial score (nSPS) is 17.4. The summed E-state index contributed by atoms with van der Waals surface area (Å²) in [5, 5.41) is 5.29. The van der Waals surface area contributed by atoms with Crippen LogP contribution in [-0.2, 0) is 21.4 Å². The molecule has 0 radical (unpaired) electrons. The van der Waals surface area contributed by atoms with Gasteiger partial charge in [-0.1, -0.05) is 36.4 Å². The molecular weight excluding hydrogens is 434 g/mol. The van der Waals surface area contributed by atoms with Gasteiger partial charge >= 0.3 is 0 Å². The maximum atomic E-state index is 13.1. The van der Waals surface area contributed by atoms with Crippen molar-refractivity contribution in [1.82, 2.24) is 8.87 Å².